The summed E-state index contributed by atoms with van der Waals surface area (Å²) in [6.45, 7) is 3.10. The number of hydrogen-bond acceptors (Lipinski definition) is 3. The Labute approximate surface area is 94.0 Å². The smallest absolute Gasteiger partial charge is 0.0477 e. The molecule has 1 saturated carbocycles. The molecule has 0 radical (unpaired) electrons. The summed E-state index contributed by atoms with van der Waals surface area (Å²) in [7, 11) is 3.97. The number of hydrogen-bond donors (Lipinski definition) is 1. The average Bonchev–Trinajstić information content (AvgIpc) is 2.25. The predicted octanol–water partition coefficient (Wildman–Crippen LogP) is 1.61. The van der Waals surface area contributed by atoms with Gasteiger partial charge in [0.25, 0.3) is 0 Å². The molecule has 0 aliphatic heterocycles. The van der Waals surface area contributed by atoms with Crippen molar-refractivity contribution in [3.8, 4) is 0 Å². The van der Waals surface area contributed by atoms with Gasteiger partial charge in [0.2, 0.25) is 0 Å². The highest BCUT2D eigenvalue weighted by molar-refractivity contribution is 4.86. The maximum Gasteiger partial charge on any atom is 0.0477 e. The number of rotatable bonds is 5. The van der Waals surface area contributed by atoms with Crippen molar-refractivity contribution < 1.29 is 4.74 Å². The van der Waals surface area contributed by atoms with Crippen molar-refractivity contribution in [2.45, 2.75) is 57.2 Å². The quantitative estimate of drug-likeness (QED) is 0.755. The minimum atomic E-state index is 0.369. The summed E-state index contributed by atoms with van der Waals surface area (Å²) in [6, 6.07) is 1.51. The van der Waals surface area contributed by atoms with Gasteiger partial charge in [-0.25, -0.2) is 0 Å². The summed E-state index contributed by atoms with van der Waals surface area (Å²) >= 11 is 0. The standard InChI is InChI=1S/C12H26N2O/c1-10(8-9-15-3)14(2)12-7-5-4-6-11(12)13/h10-12H,4-9,13H2,1-3H3. The van der Waals surface area contributed by atoms with Crippen LogP contribution < -0.4 is 5.73 Å². The van der Waals surface area contributed by atoms with Crippen molar-refractivity contribution in [1.29, 1.82) is 0 Å². The Morgan fingerprint density at radius 3 is 2.67 bits per heavy atom. The van der Waals surface area contributed by atoms with Crippen LogP contribution >= 0.6 is 0 Å². The van der Waals surface area contributed by atoms with E-state index in [0.717, 1.165) is 13.0 Å². The first-order chi connectivity index (χ1) is 7.16. The lowest BCUT2D eigenvalue weighted by atomic mass is 9.89. The molecule has 3 atom stereocenters. The number of ether oxygens (including phenoxy) is 1. The Balaban J connectivity index is 2.39. The van der Waals surface area contributed by atoms with Gasteiger partial charge in [-0.05, 0) is 33.2 Å². The minimum Gasteiger partial charge on any atom is -0.385 e. The zero-order valence-corrected chi connectivity index (χ0v) is 10.4. The van der Waals surface area contributed by atoms with Gasteiger partial charge < -0.3 is 10.5 Å². The van der Waals surface area contributed by atoms with Crippen molar-refractivity contribution in [1.82, 2.24) is 4.90 Å². The van der Waals surface area contributed by atoms with Crippen LogP contribution in [0.5, 0.6) is 0 Å². The van der Waals surface area contributed by atoms with E-state index < -0.39 is 0 Å². The molecule has 0 saturated heterocycles. The molecule has 15 heavy (non-hydrogen) atoms. The normalized spacial score (nSPS) is 29.4. The first-order valence-electron chi connectivity index (χ1n) is 6.13. The lowest BCUT2D eigenvalue weighted by Gasteiger charge is -2.39. The van der Waals surface area contributed by atoms with Crippen LogP contribution in [-0.4, -0.2) is 43.8 Å². The topological polar surface area (TPSA) is 38.5 Å². The fourth-order valence-electron chi connectivity index (χ4n) is 2.46. The van der Waals surface area contributed by atoms with E-state index in [1.54, 1.807) is 7.11 Å². The van der Waals surface area contributed by atoms with Gasteiger partial charge in [0.1, 0.15) is 0 Å². The summed E-state index contributed by atoms with van der Waals surface area (Å²) in [5.41, 5.74) is 6.17. The molecule has 90 valence electrons. The van der Waals surface area contributed by atoms with Gasteiger partial charge in [0.05, 0.1) is 0 Å². The second kappa shape index (κ2) is 6.46. The summed E-state index contributed by atoms with van der Waals surface area (Å²) in [5.74, 6) is 0. The van der Waals surface area contributed by atoms with Crippen LogP contribution in [0.1, 0.15) is 39.0 Å². The van der Waals surface area contributed by atoms with E-state index >= 15 is 0 Å². The number of nitrogens with zero attached hydrogens (tertiary/aromatic N) is 1. The number of likely N-dealkylation sites (N-methyl/N-ethyl adjacent to an activating group) is 1. The second-order valence-corrected chi connectivity index (χ2v) is 4.81. The van der Waals surface area contributed by atoms with E-state index in [1.165, 1.54) is 25.7 Å². The van der Waals surface area contributed by atoms with Gasteiger partial charge in [-0.2, -0.15) is 0 Å². The van der Waals surface area contributed by atoms with Gasteiger partial charge in [0, 0.05) is 31.8 Å². The molecule has 1 aliphatic rings. The van der Waals surface area contributed by atoms with Crippen molar-refractivity contribution >= 4 is 0 Å². The van der Waals surface area contributed by atoms with Crippen LogP contribution in [0.4, 0.5) is 0 Å². The molecule has 3 heteroatoms. The van der Waals surface area contributed by atoms with E-state index in [-0.39, 0.29) is 0 Å². The van der Waals surface area contributed by atoms with Crippen LogP contribution in [0.2, 0.25) is 0 Å². The fourth-order valence-corrected chi connectivity index (χ4v) is 2.46. The highest BCUT2D eigenvalue weighted by Gasteiger charge is 2.27. The van der Waals surface area contributed by atoms with E-state index in [0.29, 0.717) is 18.1 Å². The molecule has 0 heterocycles. The van der Waals surface area contributed by atoms with Crippen LogP contribution in [0.3, 0.4) is 0 Å². The molecule has 3 unspecified atom stereocenters. The first kappa shape index (κ1) is 12.9. The molecule has 1 aliphatic carbocycles. The SMILES string of the molecule is COCCC(C)N(C)C1CCCCC1N. The minimum absolute atomic E-state index is 0.369. The molecule has 1 fully saturated rings. The Kier molecular flexibility index (Phi) is 5.58. The van der Waals surface area contributed by atoms with Crippen LogP contribution in [-0.2, 0) is 4.74 Å². The maximum atomic E-state index is 6.17. The lowest BCUT2D eigenvalue weighted by molar-refractivity contribution is 0.0986. The summed E-state index contributed by atoms with van der Waals surface area (Å²) < 4.78 is 5.12. The highest BCUT2D eigenvalue weighted by atomic mass is 16.5. The molecular formula is C12H26N2O. The average molecular weight is 214 g/mol. The van der Waals surface area contributed by atoms with Gasteiger partial charge in [0.15, 0.2) is 0 Å². The van der Waals surface area contributed by atoms with Crippen LogP contribution in [0.25, 0.3) is 0 Å². The maximum absolute atomic E-state index is 6.17. The molecule has 1 rings (SSSR count). The molecule has 3 nitrogen and oxygen atoms in total. The van der Waals surface area contributed by atoms with E-state index in [1.807, 2.05) is 0 Å². The van der Waals surface area contributed by atoms with Gasteiger partial charge in [-0.1, -0.05) is 12.8 Å². The molecule has 0 aromatic carbocycles. The molecule has 0 aromatic heterocycles. The Bertz CT molecular complexity index is 175. The predicted molar refractivity (Wildman–Crippen MR) is 63.9 cm³/mol. The van der Waals surface area contributed by atoms with E-state index in [2.05, 4.69) is 18.9 Å². The van der Waals surface area contributed by atoms with Crippen molar-refractivity contribution in [2.24, 2.45) is 5.73 Å². The molecule has 0 bridgehead atoms. The Morgan fingerprint density at radius 1 is 1.40 bits per heavy atom. The monoisotopic (exact) mass is 214 g/mol. The second-order valence-electron chi connectivity index (χ2n) is 4.81. The third-order valence-electron chi connectivity index (χ3n) is 3.74. The molecule has 2 N–H and O–H groups in total. The lowest BCUT2D eigenvalue weighted by Crippen LogP contribution is -2.51. The molecule has 0 amide bonds. The van der Waals surface area contributed by atoms with Gasteiger partial charge in [-0.15, -0.1) is 0 Å². The third-order valence-corrected chi connectivity index (χ3v) is 3.74. The Morgan fingerprint density at radius 2 is 2.07 bits per heavy atom. The number of methoxy groups -OCH3 is 1. The molecular weight excluding hydrogens is 188 g/mol. The van der Waals surface area contributed by atoms with Crippen molar-refractivity contribution in [2.75, 3.05) is 20.8 Å². The van der Waals surface area contributed by atoms with E-state index in [4.69, 9.17) is 10.5 Å². The molecule has 0 aromatic rings. The zero-order chi connectivity index (χ0) is 11.3. The van der Waals surface area contributed by atoms with Gasteiger partial charge >= 0.3 is 0 Å². The fraction of sp³-hybridized carbons (Fsp3) is 1.00. The Hall–Kier alpha value is -0.120. The van der Waals surface area contributed by atoms with Gasteiger partial charge in [-0.3, -0.25) is 4.90 Å². The first-order valence-corrected chi connectivity index (χ1v) is 6.13. The van der Waals surface area contributed by atoms with Crippen molar-refractivity contribution in [3.63, 3.8) is 0 Å². The highest BCUT2D eigenvalue weighted by Crippen LogP contribution is 2.23. The van der Waals surface area contributed by atoms with Crippen LogP contribution in [0, 0.1) is 0 Å². The van der Waals surface area contributed by atoms with Crippen molar-refractivity contribution in [3.05, 3.63) is 0 Å². The number of nitrogens with two attached hydrogens (primary N) is 1. The summed E-state index contributed by atoms with van der Waals surface area (Å²) in [6.07, 6.45) is 6.18. The van der Waals surface area contributed by atoms with Crippen LogP contribution in [0.15, 0.2) is 0 Å². The largest absolute Gasteiger partial charge is 0.385 e. The summed E-state index contributed by atoms with van der Waals surface area (Å²) in [5, 5.41) is 0. The third kappa shape index (κ3) is 3.74. The van der Waals surface area contributed by atoms with E-state index in [9.17, 15) is 0 Å². The zero-order valence-electron chi connectivity index (χ0n) is 10.4. The molecule has 0 spiro atoms. The summed E-state index contributed by atoms with van der Waals surface area (Å²) in [4.78, 5) is 2.45.